The van der Waals surface area contributed by atoms with Crippen LogP contribution in [0.5, 0.6) is 0 Å². The van der Waals surface area contributed by atoms with Gasteiger partial charge < -0.3 is 14.2 Å². The van der Waals surface area contributed by atoms with E-state index in [9.17, 15) is 4.79 Å². The maximum atomic E-state index is 10.7. The SMILES string of the molecule is C=CC(=O)OCC(OCC)OCC. The fourth-order valence-corrected chi connectivity index (χ4v) is 0.725. The molecule has 0 heterocycles. The first-order valence-corrected chi connectivity index (χ1v) is 4.27. The highest BCUT2D eigenvalue weighted by atomic mass is 16.7. The number of ether oxygens (including phenoxy) is 3. The Hall–Kier alpha value is -0.870. The third kappa shape index (κ3) is 6.31. The van der Waals surface area contributed by atoms with E-state index >= 15 is 0 Å². The van der Waals surface area contributed by atoms with E-state index in [0.717, 1.165) is 6.08 Å². The van der Waals surface area contributed by atoms with Gasteiger partial charge in [0.25, 0.3) is 0 Å². The molecule has 0 aliphatic carbocycles. The molecular weight excluding hydrogens is 172 g/mol. The Balaban J connectivity index is 3.67. The normalized spacial score (nSPS) is 10.1. The summed E-state index contributed by atoms with van der Waals surface area (Å²) in [5.41, 5.74) is 0. The third-order valence-electron chi connectivity index (χ3n) is 1.23. The molecule has 0 aromatic carbocycles. The van der Waals surface area contributed by atoms with Gasteiger partial charge in [0.1, 0.15) is 6.61 Å². The molecule has 0 spiro atoms. The Morgan fingerprint density at radius 3 is 2.31 bits per heavy atom. The molecule has 0 N–H and O–H groups in total. The van der Waals surface area contributed by atoms with E-state index in [-0.39, 0.29) is 6.61 Å². The zero-order chi connectivity index (χ0) is 10.1. The molecule has 0 radical (unpaired) electrons. The van der Waals surface area contributed by atoms with Gasteiger partial charge in [0.15, 0.2) is 6.29 Å². The van der Waals surface area contributed by atoms with Crippen LogP contribution in [-0.2, 0) is 19.0 Å². The highest BCUT2D eigenvalue weighted by Gasteiger charge is 2.09. The maximum Gasteiger partial charge on any atom is 0.330 e. The molecule has 76 valence electrons. The zero-order valence-electron chi connectivity index (χ0n) is 8.12. The highest BCUT2D eigenvalue weighted by Crippen LogP contribution is 1.96. The van der Waals surface area contributed by atoms with Crippen LogP contribution in [0.1, 0.15) is 13.8 Å². The van der Waals surface area contributed by atoms with Crippen LogP contribution >= 0.6 is 0 Å². The van der Waals surface area contributed by atoms with E-state index in [0.29, 0.717) is 13.2 Å². The van der Waals surface area contributed by atoms with Crippen LogP contribution in [0, 0.1) is 0 Å². The standard InChI is InChI=1S/C9H16O4/c1-4-8(10)13-7-9(11-5-2)12-6-3/h4,9H,1,5-7H2,2-3H3. The maximum absolute atomic E-state index is 10.7. The molecule has 0 aliphatic rings. The van der Waals surface area contributed by atoms with Gasteiger partial charge in [-0.2, -0.15) is 0 Å². The summed E-state index contributed by atoms with van der Waals surface area (Å²) in [5, 5.41) is 0. The molecule has 4 nitrogen and oxygen atoms in total. The molecular formula is C9H16O4. The van der Waals surface area contributed by atoms with Gasteiger partial charge in [-0.25, -0.2) is 4.79 Å². The molecule has 4 heteroatoms. The lowest BCUT2D eigenvalue weighted by Crippen LogP contribution is -2.24. The van der Waals surface area contributed by atoms with Crippen molar-refractivity contribution in [2.45, 2.75) is 20.1 Å². The molecule has 13 heavy (non-hydrogen) atoms. The van der Waals surface area contributed by atoms with Crippen LogP contribution in [0.2, 0.25) is 0 Å². The Bertz CT molecular complexity index is 150. The Kier molecular flexibility index (Phi) is 7.24. The van der Waals surface area contributed by atoms with Crippen LogP contribution in [0.25, 0.3) is 0 Å². The molecule has 0 fully saturated rings. The second-order valence-electron chi connectivity index (χ2n) is 2.17. The number of hydrogen-bond donors (Lipinski definition) is 0. The van der Waals surface area contributed by atoms with E-state index in [1.807, 2.05) is 13.8 Å². The molecule has 0 saturated heterocycles. The minimum Gasteiger partial charge on any atom is -0.457 e. The summed E-state index contributed by atoms with van der Waals surface area (Å²) < 4.78 is 15.0. The van der Waals surface area contributed by atoms with Crippen molar-refractivity contribution in [1.29, 1.82) is 0 Å². The van der Waals surface area contributed by atoms with E-state index in [1.165, 1.54) is 0 Å². The molecule has 0 atom stereocenters. The summed E-state index contributed by atoms with van der Waals surface area (Å²) in [4.78, 5) is 10.7. The molecule has 0 amide bonds. The van der Waals surface area contributed by atoms with Gasteiger partial charge in [0.05, 0.1) is 0 Å². The lowest BCUT2D eigenvalue weighted by Gasteiger charge is -2.15. The van der Waals surface area contributed by atoms with Crippen molar-refractivity contribution in [2.24, 2.45) is 0 Å². The van der Waals surface area contributed by atoms with Crippen molar-refractivity contribution in [3.05, 3.63) is 12.7 Å². The van der Waals surface area contributed by atoms with Crippen molar-refractivity contribution in [1.82, 2.24) is 0 Å². The van der Waals surface area contributed by atoms with E-state index in [1.54, 1.807) is 0 Å². The first-order chi connectivity index (χ1) is 6.24. The van der Waals surface area contributed by atoms with Gasteiger partial charge in [0.2, 0.25) is 0 Å². The summed E-state index contributed by atoms with van der Waals surface area (Å²) in [7, 11) is 0. The van der Waals surface area contributed by atoms with Crippen LogP contribution in [0.3, 0.4) is 0 Å². The molecule has 0 aromatic rings. The summed E-state index contributed by atoms with van der Waals surface area (Å²) in [6.07, 6.45) is 0.633. The zero-order valence-corrected chi connectivity index (χ0v) is 8.12. The van der Waals surface area contributed by atoms with Crippen molar-refractivity contribution >= 4 is 5.97 Å². The number of esters is 1. The average Bonchev–Trinajstić information content (AvgIpc) is 2.14. The van der Waals surface area contributed by atoms with E-state index in [4.69, 9.17) is 14.2 Å². The predicted octanol–water partition coefficient (Wildman–Crippen LogP) is 1.11. The van der Waals surface area contributed by atoms with Crippen molar-refractivity contribution in [3.63, 3.8) is 0 Å². The van der Waals surface area contributed by atoms with Gasteiger partial charge in [-0.3, -0.25) is 0 Å². The molecule has 0 bridgehead atoms. The topological polar surface area (TPSA) is 44.8 Å². The van der Waals surface area contributed by atoms with Gasteiger partial charge >= 0.3 is 5.97 Å². The van der Waals surface area contributed by atoms with Crippen molar-refractivity contribution in [3.8, 4) is 0 Å². The summed E-state index contributed by atoms with van der Waals surface area (Å²) in [6.45, 7) is 8.12. The second-order valence-corrected chi connectivity index (χ2v) is 2.17. The predicted molar refractivity (Wildman–Crippen MR) is 48.2 cm³/mol. The molecule has 0 aromatic heterocycles. The quantitative estimate of drug-likeness (QED) is 0.341. The number of hydrogen-bond acceptors (Lipinski definition) is 4. The molecule has 0 unspecified atom stereocenters. The van der Waals surface area contributed by atoms with E-state index < -0.39 is 12.3 Å². The average molecular weight is 188 g/mol. The van der Waals surface area contributed by atoms with Gasteiger partial charge in [0, 0.05) is 19.3 Å². The van der Waals surface area contributed by atoms with E-state index in [2.05, 4.69) is 6.58 Å². The summed E-state index contributed by atoms with van der Waals surface area (Å²) >= 11 is 0. The minimum absolute atomic E-state index is 0.104. The van der Waals surface area contributed by atoms with Gasteiger partial charge in [-0.15, -0.1) is 0 Å². The van der Waals surface area contributed by atoms with Crippen LogP contribution < -0.4 is 0 Å². The van der Waals surface area contributed by atoms with Crippen LogP contribution in [0.4, 0.5) is 0 Å². The Labute approximate surface area is 78.5 Å². The molecule has 0 aliphatic heterocycles. The number of carbonyl (C=O) groups is 1. The minimum atomic E-state index is -0.473. The Morgan fingerprint density at radius 1 is 1.38 bits per heavy atom. The Morgan fingerprint density at radius 2 is 1.92 bits per heavy atom. The number of rotatable bonds is 7. The van der Waals surface area contributed by atoms with Crippen molar-refractivity contribution in [2.75, 3.05) is 19.8 Å². The third-order valence-corrected chi connectivity index (χ3v) is 1.23. The molecule has 0 saturated carbocycles. The fraction of sp³-hybridized carbons (Fsp3) is 0.667. The lowest BCUT2D eigenvalue weighted by molar-refractivity contribution is -0.176. The van der Waals surface area contributed by atoms with Gasteiger partial charge in [-0.1, -0.05) is 6.58 Å². The summed E-state index contributed by atoms with van der Waals surface area (Å²) in [5.74, 6) is -0.468. The fourth-order valence-electron chi connectivity index (χ4n) is 0.725. The second kappa shape index (κ2) is 7.76. The van der Waals surface area contributed by atoms with Crippen molar-refractivity contribution < 1.29 is 19.0 Å². The lowest BCUT2D eigenvalue weighted by atomic mass is 10.6. The monoisotopic (exact) mass is 188 g/mol. The highest BCUT2D eigenvalue weighted by molar-refractivity contribution is 5.81. The van der Waals surface area contributed by atoms with Crippen LogP contribution in [-0.4, -0.2) is 32.1 Å². The smallest absolute Gasteiger partial charge is 0.330 e. The largest absolute Gasteiger partial charge is 0.457 e. The molecule has 0 rings (SSSR count). The number of carbonyl (C=O) groups excluding carboxylic acids is 1. The first kappa shape index (κ1) is 12.1. The summed E-state index contributed by atoms with van der Waals surface area (Å²) in [6, 6.07) is 0. The van der Waals surface area contributed by atoms with Gasteiger partial charge in [-0.05, 0) is 13.8 Å². The first-order valence-electron chi connectivity index (χ1n) is 4.27. The van der Waals surface area contributed by atoms with Crippen LogP contribution in [0.15, 0.2) is 12.7 Å².